The second-order valence-corrected chi connectivity index (χ2v) is 15.1. The number of hydrogen-bond donors (Lipinski definition) is 1. The van der Waals surface area contributed by atoms with Gasteiger partial charge in [-0.25, -0.2) is 0 Å². The number of piperidine rings is 1. The summed E-state index contributed by atoms with van der Waals surface area (Å²) < 4.78 is 0. The van der Waals surface area contributed by atoms with Gasteiger partial charge in [0.2, 0.25) is 23.6 Å². The summed E-state index contributed by atoms with van der Waals surface area (Å²) in [5, 5.41) is 3.14. The summed E-state index contributed by atoms with van der Waals surface area (Å²) in [7, 11) is 1.76. The maximum atomic E-state index is 14.1. The molecule has 0 aliphatic carbocycles. The minimum atomic E-state index is -0.712. The molecule has 3 rings (SSSR count). The third-order valence-corrected chi connectivity index (χ3v) is 9.97. The normalized spacial score (nSPS) is 23.8. The Hall–Kier alpha value is -2.07. The zero-order valence-corrected chi connectivity index (χ0v) is 28.3. The average molecular weight is 606 g/mol. The molecule has 3 aliphatic heterocycles. The van der Waals surface area contributed by atoms with Crippen LogP contribution in [0.25, 0.3) is 0 Å². The van der Waals surface area contributed by atoms with Crippen LogP contribution in [0.2, 0.25) is 0 Å². The summed E-state index contributed by atoms with van der Waals surface area (Å²) in [4.78, 5) is 62.0. The second-order valence-electron chi connectivity index (χ2n) is 14.0. The van der Waals surface area contributed by atoms with Gasteiger partial charge in [0, 0.05) is 37.5 Å². The van der Waals surface area contributed by atoms with Gasteiger partial charge in [0.25, 0.3) is 0 Å². The van der Waals surface area contributed by atoms with Gasteiger partial charge < -0.3 is 20.0 Å². The third-order valence-electron chi connectivity index (χ3n) is 9.01. The summed E-state index contributed by atoms with van der Waals surface area (Å²) in [6.07, 6.45) is 6.25. The molecule has 3 aliphatic rings. The highest BCUT2D eigenvalue weighted by Gasteiger charge is 2.41. The van der Waals surface area contributed by atoms with E-state index in [-0.39, 0.29) is 47.7 Å². The molecule has 3 saturated heterocycles. The van der Waals surface area contributed by atoms with Crippen LogP contribution in [0, 0.1) is 11.3 Å². The number of rotatable bonds is 9. The maximum Gasteiger partial charge on any atom is 0.249 e. The lowest BCUT2D eigenvalue weighted by Gasteiger charge is -2.41. The monoisotopic (exact) mass is 605 g/mol. The molecule has 2 unspecified atom stereocenters. The van der Waals surface area contributed by atoms with Gasteiger partial charge >= 0.3 is 0 Å². The van der Waals surface area contributed by atoms with E-state index in [9.17, 15) is 19.2 Å². The first-order valence-corrected chi connectivity index (χ1v) is 17.0. The number of carbonyl (C=O) groups excluding carboxylic acids is 4. The van der Waals surface area contributed by atoms with Gasteiger partial charge in [0.05, 0.1) is 18.0 Å². The van der Waals surface area contributed by atoms with E-state index in [0.717, 1.165) is 44.5 Å². The van der Waals surface area contributed by atoms with Crippen LogP contribution in [0.5, 0.6) is 0 Å². The molecule has 0 saturated carbocycles. The van der Waals surface area contributed by atoms with Crippen LogP contribution in [-0.2, 0) is 19.2 Å². The fourth-order valence-electron chi connectivity index (χ4n) is 6.46. The fraction of sp³-hybridized carbons (Fsp3) is 0.812. The van der Waals surface area contributed by atoms with Gasteiger partial charge in [-0.2, -0.15) is 0 Å². The van der Waals surface area contributed by atoms with Crippen molar-refractivity contribution in [2.75, 3.05) is 38.3 Å². The molecule has 0 spiro atoms. The lowest BCUT2D eigenvalue weighted by Crippen LogP contribution is -2.60. The fourth-order valence-corrected chi connectivity index (χ4v) is 7.42. The number of likely N-dealkylation sites (N-methyl/N-ethyl adjacent to an activating group) is 1. The number of amides is 4. The van der Waals surface area contributed by atoms with Crippen LogP contribution in [0.15, 0.2) is 11.6 Å². The molecule has 0 aromatic rings. The molecule has 42 heavy (non-hydrogen) atoms. The Bertz CT molecular complexity index is 1020. The van der Waals surface area contributed by atoms with Crippen molar-refractivity contribution >= 4 is 35.4 Å². The second kappa shape index (κ2) is 14.6. The minimum absolute atomic E-state index is 0.0328. The summed E-state index contributed by atoms with van der Waals surface area (Å²) >= 11 is 1.74. The van der Waals surface area contributed by atoms with E-state index < -0.39 is 17.5 Å². The molecule has 0 bridgehead atoms. The standard InChI is InChI=1S/C32H55N5O4S/c1-21(2)26(19-23(5)29(39)37-16-12-14-25(37)30(40)35-17-18-42-20-35)34(9)31(41)27(32(6,7)8)33-28(38)24-13-10-11-15-36(24)22(3)4/h19,21-22,24-27H,10-18,20H2,1-9H3,(H,33,38)/b23-19+/t24-,25?,26-,27?/m1/s1. The first kappa shape index (κ1) is 34.4. The maximum absolute atomic E-state index is 14.1. The molecule has 238 valence electrons. The Morgan fingerprint density at radius 3 is 2.19 bits per heavy atom. The first-order valence-electron chi connectivity index (χ1n) is 15.8. The van der Waals surface area contributed by atoms with Crippen LogP contribution >= 0.6 is 11.8 Å². The smallest absolute Gasteiger partial charge is 0.249 e. The topological polar surface area (TPSA) is 93.3 Å². The van der Waals surface area contributed by atoms with Crippen LogP contribution in [0.4, 0.5) is 0 Å². The summed E-state index contributed by atoms with van der Waals surface area (Å²) in [5.74, 6) is 1.31. The van der Waals surface area contributed by atoms with Gasteiger partial charge in [0.15, 0.2) is 0 Å². The van der Waals surface area contributed by atoms with Gasteiger partial charge in [-0.15, -0.1) is 11.8 Å². The largest absolute Gasteiger partial charge is 0.342 e. The van der Waals surface area contributed by atoms with Crippen LogP contribution in [0.3, 0.4) is 0 Å². The number of thioether (sulfide) groups is 1. The Balaban J connectivity index is 1.78. The Kier molecular flexibility index (Phi) is 12.0. The average Bonchev–Trinajstić information content (AvgIpc) is 3.65. The van der Waals surface area contributed by atoms with E-state index in [4.69, 9.17) is 0 Å². The number of nitrogens with one attached hydrogen (secondary N) is 1. The van der Waals surface area contributed by atoms with E-state index in [2.05, 4.69) is 24.1 Å². The predicted octanol–water partition coefficient (Wildman–Crippen LogP) is 3.73. The molecular formula is C32H55N5O4S. The van der Waals surface area contributed by atoms with E-state index in [1.807, 2.05) is 45.6 Å². The lowest BCUT2D eigenvalue weighted by molar-refractivity contribution is -0.142. The molecule has 3 fully saturated rings. The van der Waals surface area contributed by atoms with Crippen molar-refractivity contribution in [2.24, 2.45) is 11.3 Å². The Morgan fingerprint density at radius 1 is 0.952 bits per heavy atom. The van der Waals surface area contributed by atoms with Crippen molar-refractivity contribution in [3.8, 4) is 0 Å². The van der Waals surface area contributed by atoms with Crippen LogP contribution in [0.1, 0.15) is 87.5 Å². The third kappa shape index (κ3) is 8.10. The number of hydrogen-bond acceptors (Lipinski definition) is 6. The van der Waals surface area contributed by atoms with Crippen LogP contribution < -0.4 is 5.32 Å². The quantitative estimate of drug-likeness (QED) is 0.403. The van der Waals surface area contributed by atoms with Crippen molar-refractivity contribution in [1.29, 1.82) is 0 Å². The summed E-state index contributed by atoms with van der Waals surface area (Å²) in [6.45, 7) is 18.2. The molecular weight excluding hydrogens is 550 g/mol. The van der Waals surface area contributed by atoms with Crippen LogP contribution in [-0.4, -0.2) is 112 Å². The number of carbonyl (C=O) groups is 4. The van der Waals surface area contributed by atoms with Gasteiger partial charge in [-0.3, -0.25) is 24.1 Å². The van der Waals surface area contributed by atoms with E-state index in [1.165, 1.54) is 0 Å². The van der Waals surface area contributed by atoms with E-state index in [1.54, 1.807) is 35.5 Å². The Labute approximate surface area is 258 Å². The Morgan fingerprint density at radius 2 is 1.62 bits per heavy atom. The number of nitrogens with zero attached hydrogens (tertiary/aromatic N) is 4. The lowest BCUT2D eigenvalue weighted by atomic mass is 9.84. The van der Waals surface area contributed by atoms with Gasteiger partial charge in [-0.1, -0.05) is 47.1 Å². The van der Waals surface area contributed by atoms with Crippen molar-refractivity contribution in [2.45, 2.75) is 118 Å². The minimum Gasteiger partial charge on any atom is -0.342 e. The summed E-state index contributed by atoms with van der Waals surface area (Å²) in [5.41, 5.74) is 0.0285. The molecule has 10 heteroatoms. The molecule has 4 atom stereocenters. The molecule has 9 nitrogen and oxygen atoms in total. The van der Waals surface area contributed by atoms with E-state index >= 15 is 0 Å². The summed E-state index contributed by atoms with van der Waals surface area (Å²) in [6, 6.07) is -1.46. The molecule has 1 N–H and O–H groups in total. The van der Waals surface area contributed by atoms with Gasteiger partial charge in [-0.05, 0) is 64.3 Å². The zero-order chi connectivity index (χ0) is 31.4. The highest BCUT2D eigenvalue weighted by atomic mass is 32.2. The predicted molar refractivity (Wildman–Crippen MR) is 170 cm³/mol. The highest BCUT2D eigenvalue weighted by Crippen LogP contribution is 2.28. The molecule has 0 radical (unpaired) electrons. The number of likely N-dealkylation sites (tertiary alicyclic amines) is 2. The molecule has 0 aromatic heterocycles. The van der Waals surface area contributed by atoms with Crippen molar-refractivity contribution < 1.29 is 19.2 Å². The zero-order valence-electron chi connectivity index (χ0n) is 27.4. The van der Waals surface area contributed by atoms with Gasteiger partial charge in [0.1, 0.15) is 12.1 Å². The first-order chi connectivity index (χ1) is 19.6. The molecule has 0 aromatic carbocycles. The molecule has 4 amide bonds. The van der Waals surface area contributed by atoms with Crippen molar-refractivity contribution in [3.63, 3.8) is 0 Å². The SMILES string of the molecule is C/C(=C\[C@H](C(C)C)N(C)C(=O)C(NC(=O)[C@H]1CCCCN1C(C)C)C(C)(C)C)C(=O)N1CCCC1C(=O)N1CCSC1. The highest BCUT2D eigenvalue weighted by molar-refractivity contribution is 7.99. The van der Waals surface area contributed by atoms with E-state index in [0.29, 0.717) is 24.4 Å². The molecule has 3 heterocycles. The van der Waals surface area contributed by atoms with Crippen molar-refractivity contribution in [3.05, 3.63) is 11.6 Å². The van der Waals surface area contributed by atoms with Crippen molar-refractivity contribution in [1.82, 2.24) is 24.9 Å².